The van der Waals surface area contributed by atoms with Gasteiger partial charge in [-0.25, -0.2) is 4.98 Å². The summed E-state index contributed by atoms with van der Waals surface area (Å²) in [6.45, 7) is 3.08. The minimum atomic E-state index is 0.465. The molecule has 1 aromatic carbocycles. The molecular weight excluding hydrogens is 250 g/mol. The fourth-order valence-corrected chi connectivity index (χ4v) is 1.76. The number of aryl methyl sites for hydroxylation is 1. The van der Waals surface area contributed by atoms with Gasteiger partial charge in [-0.2, -0.15) is 5.26 Å². The fraction of sp³-hybridized carbons (Fsp3) is 0.231. The highest BCUT2D eigenvalue weighted by molar-refractivity contribution is 6.30. The van der Waals surface area contributed by atoms with Crippen molar-refractivity contribution >= 4 is 11.6 Å². The molecule has 2 aromatic rings. The van der Waals surface area contributed by atoms with Gasteiger partial charge in [-0.05, 0) is 19.1 Å². The Morgan fingerprint density at radius 3 is 3.00 bits per heavy atom. The highest BCUT2D eigenvalue weighted by Crippen LogP contribution is 2.22. The van der Waals surface area contributed by atoms with E-state index in [-0.39, 0.29) is 0 Å². The van der Waals surface area contributed by atoms with E-state index in [1.165, 1.54) is 0 Å². The minimum absolute atomic E-state index is 0.465. The van der Waals surface area contributed by atoms with Crippen molar-refractivity contribution in [1.82, 2.24) is 9.55 Å². The molecule has 0 fully saturated rings. The molecule has 0 aliphatic carbocycles. The normalized spacial score (nSPS) is 10.1. The van der Waals surface area contributed by atoms with Gasteiger partial charge in [-0.1, -0.05) is 11.6 Å². The van der Waals surface area contributed by atoms with Crippen molar-refractivity contribution in [3.05, 3.63) is 47.0 Å². The van der Waals surface area contributed by atoms with Gasteiger partial charge in [0.15, 0.2) is 0 Å². The zero-order valence-electron chi connectivity index (χ0n) is 9.93. The predicted molar refractivity (Wildman–Crippen MR) is 68.6 cm³/mol. The van der Waals surface area contributed by atoms with Crippen molar-refractivity contribution in [2.24, 2.45) is 0 Å². The molecule has 0 saturated heterocycles. The summed E-state index contributed by atoms with van der Waals surface area (Å²) in [5.41, 5.74) is 0.488. The molecule has 0 aliphatic rings. The first-order chi connectivity index (χ1) is 8.70. The van der Waals surface area contributed by atoms with Gasteiger partial charge in [0.05, 0.1) is 12.1 Å². The number of nitriles is 1. The molecule has 0 atom stereocenters. The second-order valence-corrected chi connectivity index (χ2v) is 4.21. The first-order valence-corrected chi connectivity index (χ1v) is 5.88. The molecule has 1 aromatic heterocycles. The Morgan fingerprint density at radius 1 is 1.50 bits per heavy atom. The number of benzene rings is 1. The van der Waals surface area contributed by atoms with Crippen molar-refractivity contribution in [3.8, 4) is 11.8 Å². The van der Waals surface area contributed by atoms with Crippen LogP contribution in [0.3, 0.4) is 0 Å². The molecule has 4 nitrogen and oxygen atoms in total. The average Bonchev–Trinajstić information content (AvgIpc) is 2.76. The molecule has 0 amide bonds. The number of aromatic nitrogens is 2. The Hall–Kier alpha value is -1.99. The third-order valence-corrected chi connectivity index (χ3v) is 2.81. The van der Waals surface area contributed by atoms with E-state index in [0.717, 1.165) is 5.82 Å². The van der Waals surface area contributed by atoms with E-state index in [2.05, 4.69) is 11.1 Å². The van der Waals surface area contributed by atoms with Crippen LogP contribution in [-0.4, -0.2) is 16.2 Å². The van der Waals surface area contributed by atoms with Crippen molar-refractivity contribution in [3.63, 3.8) is 0 Å². The lowest BCUT2D eigenvalue weighted by Gasteiger charge is -2.09. The lowest BCUT2D eigenvalue weighted by atomic mass is 10.2. The lowest BCUT2D eigenvalue weighted by Crippen LogP contribution is -2.09. The Bertz CT molecular complexity index is 586. The number of hydrogen-bond acceptors (Lipinski definition) is 3. The maximum Gasteiger partial charge on any atom is 0.138 e. The predicted octanol–water partition coefficient (Wildman–Crippen LogP) is 2.80. The highest BCUT2D eigenvalue weighted by Gasteiger charge is 2.04. The standard InChI is InChI=1S/C13H12ClN3O/c1-10-16-4-5-17(10)6-7-18-13-8-12(14)3-2-11(13)9-15/h2-5,8H,6-7H2,1H3. The van der Waals surface area contributed by atoms with E-state index in [4.69, 9.17) is 21.6 Å². The van der Waals surface area contributed by atoms with Gasteiger partial charge in [-0.3, -0.25) is 0 Å². The first-order valence-electron chi connectivity index (χ1n) is 5.51. The monoisotopic (exact) mass is 261 g/mol. The SMILES string of the molecule is Cc1nccn1CCOc1cc(Cl)ccc1C#N. The molecule has 0 bridgehead atoms. The molecule has 0 N–H and O–H groups in total. The zero-order valence-corrected chi connectivity index (χ0v) is 10.7. The number of ether oxygens (including phenoxy) is 1. The lowest BCUT2D eigenvalue weighted by molar-refractivity contribution is 0.296. The van der Waals surface area contributed by atoms with Gasteiger partial charge in [-0.15, -0.1) is 0 Å². The highest BCUT2D eigenvalue weighted by atomic mass is 35.5. The molecule has 0 spiro atoms. The number of imidazole rings is 1. The molecule has 0 unspecified atom stereocenters. The number of rotatable bonds is 4. The third kappa shape index (κ3) is 2.82. The van der Waals surface area contributed by atoms with Crippen LogP contribution in [0.1, 0.15) is 11.4 Å². The Morgan fingerprint density at radius 2 is 2.33 bits per heavy atom. The van der Waals surface area contributed by atoms with Gasteiger partial charge in [0.2, 0.25) is 0 Å². The van der Waals surface area contributed by atoms with E-state index in [1.807, 2.05) is 17.7 Å². The largest absolute Gasteiger partial charge is 0.490 e. The van der Waals surface area contributed by atoms with E-state index < -0.39 is 0 Å². The maximum absolute atomic E-state index is 8.95. The number of nitrogens with zero attached hydrogens (tertiary/aromatic N) is 3. The first kappa shape index (κ1) is 12.5. The van der Waals surface area contributed by atoms with E-state index in [0.29, 0.717) is 29.5 Å². The summed E-state index contributed by atoms with van der Waals surface area (Å²) in [6, 6.07) is 7.06. The molecule has 2 rings (SSSR count). The van der Waals surface area contributed by atoms with Crippen LogP contribution in [-0.2, 0) is 6.54 Å². The van der Waals surface area contributed by atoms with Crippen molar-refractivity contribution in [2.75, 3.05) is 6.61 Å². The minimum Gasteiger partial charge on any atom is -0.490 e. The summed E-state index contributed by atoms with van der Waals surface area (Å²) in [7, 11) is 0. The van der Waals surface area contributed by atoms with Crippen molar-refractivity contribution in [2.45, 2.75) is 13.5 Å². The summed E-state index contributed by atoms with van der Waals surface area (Å²) in [6.07, 6.45) is 3.64. The van der Waals surface area contributed by atoms with Crippen molar-refractivity contribution < 1.29 is 4.74 Å². The quantitative estimate of drug-likeness (QED) is 0.850. The van der Waals surface area contributed by atoms with Crippen LogP contribution in [0.25, 0.3) is 0 Å². The molecule has 1 heterocycles. The number of hydrogen-bond donors (Lipinski definition) is 0. The van der Waals surface area contributed by atoms with Gasteiger partial charge >= 0.3 is 0 Å². The summed E-state index contributed by atoms with van der Waals surface area (Å²) in [4.78, 5) is 4.12. The average molecular weight is 262 g/mol. The van der Waals surface area contributed by atoms with Crippen LogP contribution in [0.5, 0.6) is 5.75 Å². The van der Waals surface area contributed by atoms with E-state index >= 15 is 0 Å². The molecule has 92 valence electrons. The summed E-state index contributed by atoms with van der Waals surface area (Å²) >= 11 is 5.87. The van der Waals surface area contributed by atoms with Crippen LogP contribution in [0.15, 0.2) is 30.6 Å². The molecular formula is C13H12ClN3O. The molecule has 0 radical (unpaired) electrons. The van der Waals surface area contributed by atoms with Gasteiger partial charge in [0.1, 0.15) is 24.3 Å². The zero-order chi connectivity index (χ0) is 13.0. The van der Waals surface area contributed by atoms with Crippen LogP contribution in [0.4, 0.5) is 0 Å². The second kappa shape index (κ2) is 5.56. The van der Waals surface area contributed by atoms with E-state index in [9.17, 15) is 0 Å². The summed E-state index contributed by atoms with van der Waals surface area (Å²) in [5.74, 6) is 1.45. The van der Waals surface area contributed by atoms with Crippen LogP contribution >= 0.6 is 11.6 Å². The Balaban J connectivity index is 2.00. The Kier molecular flexibility index (Phi) is 3.85. The Labute approximate surface area is 110 Å². The molecule has 5 heteroatoms. The van der Waals surface area contributed by atoms with Crippen LogP contribution in [0, 0.1) is 18.3 Å². The summed E-state index contributed by atoms with van der Waals surface area (Å²) in [5, 5.41) is 9.51. The van der Waals surface area contributed by atoms with E-state index in [1.54, 1.807) is 24.4 Å². The smallest absolute Gasteiger partial charge is 0.138 e. The maximum atomic E-state index is 8.95. The number of halogens is 1. The van der Waals surface area contributed by atoms with Crippen molar-refractivity contribution in [1.29, 1.82) is 5.26 Å². The van der Waals surface area contributed by atoms with Crippen LogP contribution < -0.4 is 4.74 Å². The fourth-order valence-electron chi connectivity index (χ4n) is 1.60. The van der Waals surface area contributed by atoms with Gasteiger partial charge in [0.25, 0.3) is 0 Å². The van der Waals surface area contributed by atoms with Gasteiger partial charge in [0, 0.05) is 23.5 Å². The molecule has 0 saturated carbocycles. The topological polar surface area (TPSA) is 50.8 Å². The third-order valence-electron chi connectivity index (χ3n) is 2.58. The molecule has 18 heavy (non-hydrogen) atoms. The molecule has 0 aliphatic heterocycles. The van der Waals surface area contributed by atoms with Crippen LogP contribution in [0.2, 0.25) is 5.02 Å². The second-order valence-electron chi connectivity index (χ2n) is 3.77. The summed E-state index contributed by atoms with van der Waals surface area (Å²) < 4.78 is 7.56. The van der Waals surface area contributed by atoms with Gasteiger partial charge < -0.3 is 9.30 Å².